The average Bonchev–Trinajstić information content (AvgIpc) is 3.00. The zero-order valence-corrected chi connectivity index (χ0v) is 15.3. The summed E-state index contributed by atoms with van der Waals surface area (Å²) < 4.78 is 28.4. The van der Waals surface area contributed by atoms with Crippen LogP contribution in [0.5, 0.6) is 5.75 Å². The third-order valence-corrected chi connectivity index (χ3v) is 6.24. The minimum Gasteiger partial charge on any atom is -0.497 e. The molecule has 0 bridgehead atoms. The molecule has 3 rings (SSSR count). The van der Waals surface area contributed by atoms with Crippen LogP contribution in [0.3, 0.4) is 0 Å². The molecule has 0 radical (unpaired) electrons. The first-order valence-electron chi connectivity index (χ1n) is 8.39. The molecule has 0 unspecified atom stereocenters. The first kappa shape index (κ1) is 18.4. The van der Waals surface area contributed by atoms with Crippen molar-refractivity contribution in [1.82, 2.24) is 10.3 Å². The van der Waals surface area contributed by atoms with Gasteiger partial charge in [-0.05, 0) is 24.1 Å². The predicted octanol–water partition coefficient (Wildman–Crippen LogP) is 0.477. The Kier molecular flexibility index (Phi) is 5.26. The Morgan fingerprint density at radius 1 is 1.31 bits per heavy atom. The SMILES string of the molecule is COc1ccc(CNC(=O)C2=NN([C@@H]3CCS(=O)(=O)C3)C(=O)CC2)cc1. The summed E-state index contributed by atoms with van der Waals surface area (Å²) in [5.41, 5.74) is 1.16. The molecule has 2 aliphatic rings. The maximum Gasteiger partial charge on any atom is 0.267 e. The van der Waals surface area contributed by atoms with E-state index < -0.39 is 15.9 Å². The summed E-state index contributed by atoms with van der Waals surface area (Å²) in [6, 6.07) is 6.83. The second-order valence-electron chi connectivity index (χ2n) is 6.37. The minimum absolute atomic E-state index is 0.0516. The molecule has 9 heteroatoms. The minimum atomic E-state index is -3.13. The van der Waals surface area contributed by atoms with Gasteiger partial charge < -0.3 is 10.1 Å². The number of amides is 2. The smallest absolute Gasteiger partial charge is 0.267 e. The number of carbonyl (C=O) groups excluding carboxylic acids is 2. The number of nitrogens with one attached hydrogen (secondary N) is 1. The van der Waals surface area contributed by atoms with Gasteiger partial charge >= 0.3 is 0 Å². The molecular weight excluding hydrogens is 358 g/mol. The van der Waals surface area contributed by atoms with Crippen molar-refractivity contribution in [3.8, 4) is 5.75 Å². The van der Waals surface area contributed by atoms with Gasteiger partial charge in [0.15, 0.2) is 9.84 Å². The van der Waals surface area contributed by atoms with E-state index in [1.807, 2.05) is 12.1 Å². The molecule has 8 nitrogen and oxygen atoms in total. The number of rotatable bonds is 5. The standard InChI is InChI=1S/C17H21N3O5S/c1-25-14-4-2-12(3-5-14)10-18-17(22)15-6-7-16(21)20(19-15)13-8-9-26(23,24)11-13/h2-5,13H,6-11H2,1H3,(H,18,22)/t13-/m1/s1. The molecule has 1 N–H and O–H groups in total. The van der Waals surface area contributed by atoms with E-state index in [4.69, 9.17) is 4.74 Å². The molecule has 1 atom stereocenters. The normalized spacial score (nSPS) is 22.0. The molecule has 0 spiro atoms. The summed E-state index contributed by atoms with van der Waals surface area (Å²) in [6.45, 7) is 0.327. The fourth-order valence-electron chi connectivity index (χ4n) is 3.02. The van der Waals surface area contributed by atoms with E-state index in [0.29, 0.717) is 13.0 Å². The van der Waals surface area contributed by atoms with Crippen LogP contribution in [-0.4, -0.2) is 55.6 Å². The molecule has 1 aromatic rings. The van der Waals surface area contributed by atoms with Crippen molar-refractivity contribution in [2.24, 2.45) is 5.10 Å². The molecule has 0 aliphatic carbocycles. The molecule has 2 heterocycles. The quantitative estimate of drug-likeness (QED) is 0.801. The number of benzene rings is 1. The number of carbonyl (C=O) groups is 2. The van der Waals surface area contributed by atoms with Gasteiger partial charge in [0.25, 0.3) is 5.91 Å². The van der Waals surface area contributed by atoms with Gasteiger partial charge in [-0.2, -0.15) is 5.10 Å². The van der Waals surface area contributed by atoms with Crippen LogP contribution in [0, 0.1) is 0 Å². The van der Waals surface area contributed by atoms with Gasteiger partial charge in [-0.3, -0.25) is 9.59 Å². The highest BCUT2D eigenvalue weighted by molar-refractivity contribution is 7.91. The summed E-state index contributed by atoms with van der Waals surface area (Å²) in [5.74, 6) is 0.106. The van der Waals surface area contributed by atoms with Crippen molar-refractivity contribution >= 4 is 27.4 Å². The second kappa shape index (κ2) is 7.45. The molecule has 1 saturated heterocycles. The van der Waals surface area contributed by atoms with Gasteiger partial charge in [-0.25, -0.2) is 13.4 Å². The largest absolute Gasteiger partial charge is 0.497 e. The molecule has 140 valence electrons. The summed E-state index contributed by atoms with van der Waals surface area (Å²) in [7, 11) is -1.55. The molecule has 0 aromatic heterocycles. The van der Waals surface area contributed by atoms with Crippen LogP contribution in [0.15, 0.2) is 29.4 Å². The topological polar surface area (TPSA) is 105 Å². The van der Waals surface area contributed by atoms with Crippen molar-refractivity contribution in [3.05, 3.63) is 29.8 Å². The molecular formula is C17H21N3O5S. The second-order valence-corrected chi connectivity index (χ2v) is 8.60. The van der Waals surface area contributed by atoms with Crippen LogP contribution in [0.4, 0.5) is 0 Å². The molecule has 2 amide bonds. The van der Waals surface area contributed by atoms with Gasteiger partial charge in [0.05, 0.1) is 24.7 Å². The molecule has 2 aliphatic heterocycles. The van der Waals surface area contributed by atoms with Crippen LogP contribution in [0.25, 0.3) is 0 Å². The van der Waals surface area contributed by atoms with Crippen molar-refractivity contribution in [3.63, 3.8) is 0 Å². The summed E-state index contributed by atoms with van der Waals surface area (Å²) in [6.07, 6.45) is 0.771. The van der Waals surface area contributed by atoms with Crippen molar-refractivity contribution in [2.45, 2.75) is 31.8 Å². The summed E-state index contributed by atoms with van der Waals surface area (Å²) in [4.78, 5) is 24.4. The number of sulfone groups is 1. The molecule has 26 heavy (non-hydrogen) atoms. The highest BCUT2D eigenvalue weighted by Crippen LogP contribution is 2.22. The van der Waals surface area contributed by atoms with Crippen LogP contribution < -0.4 is 10.1 Å². The fourth-order valence-corrected chi connectivity index (χ4v) is 4.71. The zero-order chi connectivity index (χ0) is 18.7. The third-order valence-electron chi connectivity index (χ3n) is 4.49. The van der Waals surface area contributed by atoms with Gasteiger partial charge in [0, 0.05) is 19.4 Å². The van der Waals surface area contributed by atoms with E-state index in [1.54, 1.807) is 19.2 Å². The maximum absolute atomic E-state index is 12.4. The molecule has 1 aromatic carbocycles. The van der Waals surface area contributed by atoms with E-state index in [9.17, 15) is 18.0 Å². The molecule has 0 saturated carbocycles. The number of ether oxygens (including phenoxy) is 1. The predicted molar refractivity (Wildman–Crippen MR) is 95.4 cm³/mol. The Bertz CT molecular complexity index is 832. The lowest BCUT2D eigenvalue weighted by molar-refractivity contribution is -0.133. The highest BCUT2D eigenvalue weighted by Gasteiger charge is 2.37. The van der Waals surface area contributed by atoms with E-state index in [1.165, 1.54) is 5.01 Å². The monoisotopic (exact) mass is 379 g/mol. The Morgan fingerprint density at radius 3 is 2.65 bits per heavy atom. The highest BCUT2D eigenvalue weighted by atomic mass is 32.2. The number of hydrogen-bond acceptors (Lipinski definition) is 6. The Balaban J connectivity index is 1.64. The number of nitrogens with zero attached hydrogens (tertiary/aromatic N) is 2. The van der Waals surface area contributed by atoms with Crippen molar-refractivity contribution in [1.29, 1.82) is 0 Å². The van der Waals surface area contributed by atoms with E-state index in [-0.39, 0.29) is 41.9 Å². The lowest BCUT2D eigenvalue weighted by Crippen LogP contribution is -2.43. The van der Waals surface area contributed by atoms with Crippen LogP contribution in [-0.2, 0) is 26.0 Å². The zero-order valence-electron chi connectivity index (χ0n) is 14.5. The molecule has 1 fully saturated rings. The van der Waals surface area contributed by atoms with E-state index in [0.717, 1.165) is 11.3 Å². The lowest BCUT2D eigenvalue weighted by Gasteiger charge is -2.27. The summed E-state index contributed by atoms with van der Waals surface area (Å²) in [5, 5.41) is 8.13. The first-order valence-corrected chi connectivity index (χ1v) is 10.2. The van der Waals surface area contributed by atoms with E-state index in [2.05, 4.69) is 10.4 Å². The van der Waals surface area contributed by atoms with Crippen molar-refractivity contribution < 1.29 is 22.7 Å². The van der Waals surface area contributed by atoms with Crippen LogP contribution in [0.1, 0.15) is 24.8 Å². The number of hydrazone groups is 1. The van der Waals surface area contributed by atoms with Gasteiger partial charge in [-0.15, -0.1) is 0 Å². The van der Waals surface area contributed by atoms with Gasteiger partial charge in [0.1, 0.15) is 11.5 Å². The Morgan fingerprint density at radius 2 is 2.04 bits per heavy atom. The van der Waals surface area contributed by atoms with Gasteiger partial charge in [-0.1, -0.05) is 12.1 Å². The summed E-state index contributed by atoms with van der Waals surface area (Å²) >= 11 is 0. The third kappa shape index (κ3) is 4.21. The Hall–Kier alpha value is -2.42. The number of methoxy groups -OCH3 is 1. The van der Waals surface area contributed by atoms with Crippen LogP contribution >= 0.6 is 0 Å². The van der Waals surface area contributed by atoms with Crippen LogP contribution in [0.2, 0.25) is 0 Å². The lowest BCUT2D eigenvalue weighted by atomic mass is 10.1. The Labute approximate surface area is 152 Å². The first-order chi connectivity index (χ1) is 12.4. The number of hydrogen-bond donors (Lipinski definition) is 1. The fraction of sp³-hybridized carbons (Fsp3) is 0.471. The van der Waals surface area contributed by atoms with Gasteiger partial charge in [0.2, 0.25) is 5.91 Å². The van der Waals surface area contributed by atoms with Crippen molar-refractivity contribution in [2.75, 3.05) is 18.6 Å². The van der Waals surface area contributed by atoms with E-state index >= 15 is 0 Å². The maximum atomic E-state index is 12.4. The average molecular weight is 379 g/mol.